The highest BCUT2D eigenvalue weighted by Crippen LogP contribution is 2.22. The maximum Gasteiger partial charge on any atom is 0.331 e. The maximum atomic E-state index is 11.7. The van der Waals surface area contributed by atoms with Gasteiger partial charge in [0.15, 0.2) is 12.4 Å². The summed E-state index contributed by atoms with van der Waals surface area (Å²) in [7, 11) is 0. The Kier molecular flexibility index (Phi) is 6.78. The number of rotatable bonds is 5. The number of esters is 1. The van der Waals surface area contributed by atoms with Gasteiger partial charge in [-0.2, -0.15) is 0 Å². The molecule has 1 amide bonds. The summed E-state index contributed by atoms with van der Waals surface area (Å²) in [6.07, 6.45) is 4.17. The lowest BCUT2D eigenvalue weighted by Gasteiger charge is -2.06. The molecule has 2 aromatic rings. The SMILES string of the molecule is O=C(COC(=O)C=Cc1cccc(Br)c1)Nc1ncc(Cl)cc1Cl. The van der Waals surface area contributed by atoms with Gasteiger partial charge in [-0.15, -0.1) is 0 Å². The van der Waals surface area contributed by atoms with Gasteiger partial charge in [0.2, 0.25) is 0 Å². The van der Waals surface area contributed by atoms with Crippen molar-refractivity contribution in [3.05, 3.63) is 62.7 Å². The van der Waals surface area contributed by atoms with Crippen molar-refractivity contribution in [3.63, 3.8) is 0 Å². The van der Waals surface area contributed by atoms with Gasteiger partial charge < -0.3 is 10.1 Å². The minimum atomic E-state index is -0.639. The van der Waals surface area contributed by atoms with E-state index in [2.05, 4.69) is 26.2 Å². The number of pyridine rings is 1. The molecule has 2 rings (SSSR count). The summed E-state index contributed by atoms with van der Waals surface area (Å²) in [4.78, 5) is 27.2. The number of halogens is 3. The summed E-state index contributed by atoms with van der Waals surface area (Å²) in [6.45, 7) is -0.456. The first-order valence-electron chi connectivity index (χ1n) is 6.65. The molecule has 0 spiro atoms. The largest absolute Gasteiger partial charge is 0.452 e. The van der Waals surface area contributed by atoms with Gasteiger partial charge in [0.05, 0.1) is 10.0 Å². The zero-order valence-corrected chi connectivity index (χ0v) is 15.2. The van der Waals surface area contributed by atoms with Gasteiger partial charge in [0, 0.05) is 16.7 Å². The summed E-state index contributed by atoms with van der Waals surface area (Å²) in [5.74, 6) is -1.05. The molecule has 1 aromatic heterocycles. The molecule has 0 fully saturated rings. The Morgan fingerprint density at radius 2 is 2.08 bits per heavy atom. The fourth-order valence-corrected chi connectivity index (χ4v) is 2.48. The Hall–Kier alpha value is -1.89. The highest BCUT2D eigenvalue weighted by Gasteiger charge is 2.09. The van der Waals surface area contributed by atoms with Crippen LogP contribution in [0.1, 0.15) is 5.56 Å². The average Bonchev–Trinajstić information content (AvgIpc) is 2.54. The molecule has 0 atom stereocenters. The molecule has 5 nitrogen and oxygen atoms in total. The maximum absolute atomic E-state index is 11.7. The van der Waals surface area contributed by atoms with E-state index in [0.29, 0.717) is 5.02 Å². The van der Waals surface area contributed by atoms with Crippen LogP contribution in [0.2, 0.25) is 10.0 Å². The molecule has 124 valence electrons. The molecule has 0 bridgehead atoms. The lowest BCUT2D eigenvalue weighted by Crippen LogP contribution is -2.20. The number of aromatic nitrogens is 1. The second kappa shape index (κ2) is 8.82. The van der Waals surface area contributed by atoms with E-state index in [-0.39, 0.29) is 10.8 Å². The normalized spacial score (nSPS) is 10.6. The van der Waals surface area contributed by atoms with Crippen molar-refractivity contribution >= 4 is 62.9 Å². The minimum absolute atomic E-state index is 0.145. The molecule has 1 aromatic carbocycles. The van der Waals surface area contributed by atoms with Crippen LogP contribution in [0.15, 0.2) is 47.1 Å². The molecule has 1 N–H and O–H groups in total. The fourth-order valence-electron chi connectivity index (χ4n) is 1.63. The number of amides is 1. The molecule has 0 saturated carbocycles. The monoisotopic (exact) mass is 428 g/mol. The first-order valence-corrected chi connectivity index (χ1v) is 8.20. The number of ether oxygens (including phenoxy) is 1. The highest BCUT2D eigenvalue weighted by molar-refractivity contribution is 9.10. The van der Waals surface area contributed by atoms with E-state index >= 15 is 0 Å². The third kappa shape index (κ3) is 5.96. The predicted molar refractivity (Wildman–Crippen MR) is 97.0 cm³/mol. The molecule has 0 unspecified atom stereocenters. The topological polar surface area (TPSA) is 68.3 Å². The van der Waals surface area contributed by atoms with Crippen molar-refractivity contribution < 1.29 is 14.3 Å². The molecule has 0 aliphatic heterocycles. The van der Waals surface area contributed by atoms with Crippen LogP contribution < -0.4 is 5.32 Å². The van der Waals surface area contributed by atoms with Crippen molar-refractivity contribution in [1.82, 2.24) is 4.98 Å². The molecular formula is C16H11BrCl2N2O3. The van der Waals surface area contributed by atoms with Crippen molar-refractivity contribution in [3.8, 4) is 0 Å². The van der Waals surface area contributed by atoms with Crippen molar-refractivity contribution in [1.29, 1.82) is 0 Å². The molecule has 1 heterocycles. The van der Waals surface area contributed by atoms with Crippen molar-refractivity contribution in [2.75, 3.05) is 11.9 Å². The summed E-state index contributed by atoms with van der Waals surface area (Å²) in [6, 6.07) is 8.82. The van der Waals surface area contributed by atoms with E-state index in [1.807, 2.05) is 24.3 Å². The van der Waals surface area contributed by atoms with Crippen molar-refractivity contribution in [2.45, 2.75) is 0 Å². The summed E-state index contributed by atoms with van der Waals surface area (Å²) in [5, 5.41) is 2.97. The Labute approximate surface area is 156 Å². The van der Waals surface area contributed by atoms with E-state index in [4.69, 9.17) is 27.9 Å². The van der Waals surface area contributed by atoms with E-state index < -0.39 is 18.5 Å². The van der Waals surface area contributed by atoms with Crippen LogP contribution in [0, 0.1) is 0 Å². The zero-order valence-electron chi connectivity index (χ0n) is 12.1. The Morgan fingerprint density at radius 1 is 1.29 bits per heavy atom. The van der Waals surface area contributed by atoms with E-state index in [0.717, 1.165) is 10.0 Å². The number of carbonyl (C=O) groups is 2. The quantitative estimate of drug-likeness (QED) is 0.566. The number of hydrogen-bond donors (Lipinski definition) is 1. The first-order chi connectivity index (χ1) is 11.4. The number of nitrogens with zero attached hydrogens (tertiary/aromatic N) is 1. The van der Waals surface area contributed by atoms with Crippen LogP contribution in [-0.2, 0) is 14.3 Å². The van der Waals surface area contributed by atoms with Gasteiger partial charge in [-0.3, -0.25) is 4.79 Å². The first kappa shape index (κ1) is 18.4. The molecule has 8 heteroatoms. The minimum Gasteiger partial charge on any atom is -0.452 e. The Balaban J connectivity index is 1.83. The standard InChI is InChI=1S/C16H11BrCl2N2O3/c17-11-3-1-2-10(6-11)4-5-15(23)24-9-14(22)21-16-13(19)7-12(18)8-20-16/h1-8H,9H2,(H,20,21,22). The molecule has 0 radical (unpaired) electrons. The number of nitrogens with one attached hydrogen (secondary N) is 1. The highest BCUT2D eigenvalue weighted by atomic mass is 79.9. The third-order valence-electron chi connectivity index (χ3n) is 2.67. The zero-order chi connectivity index (χ0) is 17.5. The van der Waals surface area contributed by atoms with Crippen LogP contribution >= 0.6 is 39.1 Å². The third-order valence-corrected chi connectivity index (χ3v) is 3.66. The fraction of sp³-hybridized carbons (Fsp3) is 0.0625. The van der Waals surface area contributed by atoms with Crippen LogP contribution in [-0.4, -0.2) is 23.5 Å². The van der Waals surface area contributed by atoms with Gasteiger partial charge >= 0.3 is 5.97 Å². The number of anilines is 1. The molecule has 0 aliphatic rings. The lowest BCUT2D eigenvalue weighted by atomic mass is 10.2. The van der Waals surface area contributed by atoms with E-state index in [1.54, 1.807) is 6.08 Å². The molecule has 0 aliphatic carbocycles. The summed E-state index contributed by atoms with van der Waals surface area (Å²) < 4.78 is 5.74. The Bertz CT molecular complexity index is 797. The van der Waals surface area contributed by atoms with Gasteiger partial charge in [-0.05, 0) is 29.8 Å². The smallest absolute Gasteiger partial charge is 0.331 e. The molecule has 24 heavy (non-hydrogen) atoms. The number of hydrogen-bond acceptors (Lipinski definition) is 4. The number of carbonyl (C=O) groups excluding carboxylic acids is 2. The average molecular weight is 430 g/mol. The predicted octanol–water partition coefficient (Wildman–Crippen LogP) is 4.35. The summed E-state index contributed by atoms with van der Waals surface area (Å²) in [5.41, 5.74) is 0.822. The van der Waals surface area contributed by atoms with Crippen LogP contribution in [0.25, 0.3) is 6.08 Å². The second-order valence-corrected chi connectivity index (χ2v) is 6.29. The number of benzene rings is 1. The molecular weight excluding hydrogens is 419 g/mol. The van der Waals surface area contributed by atoms with Gasteiger partial charge in [-0.1, -0.05) is 51.3 Å². The van der Waals surface area contributed by atoms with Crippen LogP contribution in [0.3, 0.4) is 0 Å². The van der Waals surface area contributed by atoms with Crippen LogP contribution in [0.4, 0.5) is 5.82 Å². The van der Waals surface area contributed by atoms with Gasteiger partial charge in [0.25, 0.3) is 5.91 Å². The Morgan fingerprint density at radius 3 is 2.79 bits per heavy atom. The van der Waals surface area contributed by atoms with Crippen molar-refractivity contribution in [2.24, 2.45) is 0 Å². The van der Waals surface area contributed by atoms with Crippen LogP contribution in [0.5, 0.6) is 0 Å². The van der Waals surface area contributed by atoms with E-state index in [9.17, 15) is 9.59 Å². The molecule has 0 saturated heterocycles. The van der Waals surface area contributed by atoms with Gasteiger partial charge in [0.1, 0.15) is 0 Å². The lowest BCUT2D eigenvalue weighted by molar-refractivity contribution is -0.142. The van der Waals surface area contributed by atoms with Gasteiger partial charge in [-0.25, -0.2) is 9.78 Å². The second-order valence-electron chi connectivity index (χ2n) is 4.53. The summed E-state index contributed by atoms with van der Waals surface area (Å²) >= 11 is 14.9. The van der Waals surface area contributed by atoms with E-state index in [1.165, 1.54) is 18.3 Å².